The molecule has 0 aromatic heterocycles. The summed E-state index contributed by atoms with van der Waals surface area (Å²) in [6.45, 7) is 8.64. The predicted octanol–water partition coefficient (Wildman–Crippen LogP) is 2.77. The van der Waals surface area contributed by atoms with Gasteiger partial charge in [0, 0.05) is 0 Å². The molecular formula is C17H37BrClN. The van der Waals surface area contributed by atoms with Gasteiger partial charge in [0.25, 0.3) is 0 Å². The molecule has 0 radical (unpaired) electrons. The smallest absolute Gasteiger partial charge is 0.0883 e. The number of halogens is 2. The van der Waals surface area contributed by atoms with Gasteiger partial charge in [-0.2, -0.15) is 0 Å². The van der Waals surface area contributed by atoms with Crippen LogP contribution in [-0.4, -0.2) is 36.5 Å². The Morgan fingerprint density at radius 1 is 0.650 bits per heavy atom. The first-order chi connectivity index (χ1) is 9.18. The van der Waals surface area contributed by atoms with Crippen LogP contribution < -0.4 is 12.4 Å². The maximum Gasteiger partial charge on any atom is 0.0883 e. The summed E-state index contributed by atoms with van der Waals surface area (Å²) in [7, 11) is 2.46. The molecule has 0 spiro atoms. The first-order valence-corrected chi connectivity index (χ1v) is 9.70. The SMILES string of the molecule is CCCCCCC[N+](C)(CCBr)CCCCCCC.[Cl-]. The van der Waals surface area contributed by atoms with Crippen LogP contribution in [0.25, 0.3) is 0 Å². The van der Waals surface area contributed by atoms with Crippen molar-refractivity contribution in [1.82, 2.24) is 0 Å². The quantitative estimate of drug-likeness (QED) is 0.250. The van der Waals surface area contributed by atoms with E-state index in [1.165, 1.54) is 88.3 Å². The third-order valence-electron chi connectivity index (χ3n) is 4.23. The first kappa shape index (κ1) is 23.0. The molecule has 0 bridgehead atoms. The summed E-state index contributed by atoms with van der Waals surface area (Å²) in [6.07, 6.45) is 14.1. The Morgan fingerprint density at radius 2 is 1.05 bits per heavy atom. The average molecular weight is 371 g/mol. The van der Waals surface area contributed by atoms with Crippen molar-refractivity contribution in [3.63, 3.8) is 0 Å². The second-order valence-corrected chi connectivity index (χ2v) is 7.10. The van der Waals surface area contributed by atoms with Gasteiger partial charge in [-0.05, 0) is 25.7 Å². The Labute approximate surface area is 143 Å². The van der Waals surface area contributed by atoms with Crippen LogP contribution in [0, 0.1) is 0 Å². The number of unbranched alkanes of at least 4 members (excludes halogenated alkanes) is 8. The van der Waals surface area contributed by atoms with E-state index in [2.05, 4.69) is 36.8 Å². The van der Waals surface area contributed by atoms with E-state index >= 15 is 0 Å². The highest BCUT2D eigenvalue weighted by molar-refractivity contribution is 9.09. The van der Waals surface area contributed by atoms with Gasteiger partial charge in [-0.15, -0.1) is 0 Å². The standard InChI is InChI=1S/C17H37BrN.ClH/c1-4-6-8-10-12-15-19(3,17-14-18)16-13-11-9-7-5-2;/h4-17H2,1-3H3;1H/q+1;/p-1. The summed E-state index contributed by atoms with van der Waals surface area (Å²) in [4.78, 5) is 0. The summed E-state index contributed by atoms with van der Waals surface area (Å²) >= 11 is 3.64. The van der Waals surface area contributed by atoms with Crippen molar-refractivity contribution < 1.29 is 16.9 Å². The van der Waals surface area contributed by atoms with E-state index in [-0.39, 0.29) is 12.4 Å². The maximum absolute atomic E-state index is 3.64. The summed E-state index contributed by atoms with van der Waals surface area (Å²) < 4.78 is 1.28. The Bertz CT molecular complexity index is 174. The van der Waals surface area contributed by atoms with Crippen molar-refractivity contribution in [1.29, 1.82) is 0 Å². The van der Waals surface area contributed by atoms with Crippen LogP contribution in [0.1, 0.15) is 78.1 Å². The molecule has 0 aliphatic rings. The number of nitrogens with zero attached hydrogens (tertiary/aromatic N) is 1. The number of alkyl halides is 1. The lowest BCUT2D eigenvalue weighted by Gasteiger charge is -2.34. The molecule has 0 heterocycles. The van der Waals surface area contributed by atoms with E-state index < -0.39 is 0 Å². The molecule has 20 heavy (non-hydrogen) atoms. The van der Waals surface area contributed by atoms with Crippen molar-refractivity contribution in [3.8, 4) is 0 Å². The molecule has 0 saturated heterocycles. The number of hydrogen-bond donors (Lipinski definition) is 0. The van der Waals surface area contributed by atoms with Gasteiger partial charge < -0.3 is 16.9 Å². The van der Waals surface area contributed by atoms with Crippen LogP contribution in [0.15, 0.2) is 0 Å². The van der Waals surface area contributed by atoms with E-state index in [4.69, 9.17) is 0 Å². The fourth-order valence-electron chi connectivity index (χ4n) is 2.73. The molecule has 0 aliphatic carbocycles. The molecule has 0 N–H and O–H groups in total. The van der Waals surface area contributed by atoms with Gasteiger partial charge in [0.1, 0.15) is 0 Å². The lowest BCUT2D eigenvalue weighted by molar-refractivity contribution is -0.907. The van der Waals surface area contributed by atoms with Gasteiger partial charge in [0.15, 0.2) is 0 Å². The summed E-state index contributed by atoms with van der Waals surface area (Å²) in [5.41, 5.74) is 0. The van der Waals surface area contributed by atoms with Crippen molar-refractivity contribution >= 4 is 15.9 Å². The second-order valence-electron chi connectivity index (χ2n) is 6.31. The molecule has 0 atom stereocenters. The van der Waals surface area contributed by atoms with E-state index in [0.717, 1.165) is 5.33 Å². The lowest BCUT2D eigenvalue weighted by atomic mass is 10.1. The zero-order valence-corrected chi connectivity index (χ0v) is 16.4. The zero-order valence-electron chi connectivity index (χ0n) is 14.1. The van der Waals surface area contributed by atoms with Gasteiger partial charge in [0.05, 0.1) is 32.0 Å². The number of rotatable bonds is 14. The first-order valence-electron chi connectivity index (χ1n) is 8.58. The Morgan fingerprint density at radius 3 is 1.40 bits per heavy atom. The fraction of sp³-hybridized carbons (Fsp3) is 1.00. The largest absolute Gasteiger partial charge is 1.00 e. The molecular weight excluding hydrogens is 334 g/mol. The normalized spacial score (nSPS) is 11.4. The molecule has 124 valence electrons. The van der Waals surface area contributed by atoms with E-state index in [1.807, 2.05) is 0 Å². The number of quaternary nitrogens is 1. The molecule has 0 aromatic carbocycles. The minimum atomic E-state index is 0. The van der Waals surface area contributed by atoms with Gasteiger partial charge >= 0.3 is 0 Å². The van der Waals surface area contributed by atoms with Crippen LogP contribution in [0.5, 0.6) is 0 Å². The van der Waals surface area contributed by atoms with Crippen LogP contribution in [0.2, 0.25) is 0 Å². The fourth-order valence-corrected chi connectivity index (χ4v) is 3.59. The Kier molecular flexibility index (Phi) is 18.5. The number of hydrogen-bond acceptors (Lipinski definition) is 0. The highest BCUT2D eigenvalue weighted by atomic mass is 79.9. The molecule has 0 amide bonds. The predicted molar refractivity (Wildman–Crippen MR) is 92.1 cm³/mol. The van der Waals surface area contributed by atoms with E-state index in [9.17, 15) is 0 Å². The third-order valence-corrected chi connectivity index (χ3v) is 4.58. The van der Waals surface area contributed by atoms with Gasteiger partial charge in [-0.25, -0.2) is 0 Å². The van der Waals surface area contributed by atoms with Crippen molar-refractivity contribution in [2.45, 2.75) is 78.1 Å². The lowest BCUT2D eigenvalue weighted by Crippen LogP contribution is -3.00. The molecule has 0 saturated carbocycles. The Balaban J connectivity index is 0. The third kappa shape index (κ3) is 13.7. The van der Waals surface area contributed by atoms with E-state index in [1.54, 1.807) is 0 Å². The molecule has 3 heteroatoms. The monoisotopic (exact) mass is 369 g/mol. The summed E-state index contributed by atoms with van der Waals surface area (Å²) in [5.74, 6) is 0. The Hall–Kier alpha value is 0.730. The minimum Gasteiger partial charge on any atom is -1.00 e. The van der Waals surface area contributed by atoms with Crippen molar-refractivity contribution in [2.75, 3.05) is 32.0 Å². The van der Waals surface area contributed by atoms with Crippen LogP contribution in [-0.2, 0) is 0 Å². The van der Waals surface area contributed by atoms with Gasteiger partial charge in [-0.1, -0.05) is 68.3 Å². The topological polar surface area (TPSA) is 0 Å². The molecule has 0 fully saturated rings. The van der Waals surface area contributed by atoms with Crippen LogP contribution in [0.3, 0.4) is 0 Å². The second kappa shape index (κ2) is 16.1. The van der Waals surface area contributed by atoms with Gasteiger partial charge in [0.2, 0.25) is 0 Å². The molecule has 1 nitrogen and oxygen atoms in total. The highest BCUT2D eigenvalue weighted by Gasteiger charge is 2.19. The summed E-state index contributed by atoms with van der Waals surface area (Å²) in [5, 5.41) is 1.15. The molecule has 0 unspecified atom stereocenters. The zero-order chi connectivity index (χ0) is 14.4. The average Bonchev–Trinajstić information content (AvgIpc) is 2.39. The van der Waals surface area contributed by atoms with E-state index in [0.29, 0.717) is 0 Å². The van der Waals surface area contributed by atoms with Crippen molar-refractivity contribution in [3.05, 3.63) is 0 Å². The minimum absolute atomic E-state index is 0. The molecule has 0 aliphatic heterocycles. The van der Waals surface area contributed by atoms with Crippen molar-refractivity contribution in [2.24, 2.45) is 0 Å². The van der Waals surface area contributed by atoms with Crippen LogP contribution >= 0.6 is 15.9 Å². The molecule has 0 aromatic rings. The summed E-state index contributed by atoms with van der Waals surface area (Å²) in [6, 6.07) is 0. The maximum atomic E-state index is 3.64. The van der Waals surface area contributed by atoms with Gasteiger partial charge in [-0.3, -0.25) is 0 Å². The van der Waals surface area contributed by atoms with Crippen LogP contribution in [0.4, 0.5) is 0 Å². The highest BCUT2D eigenvalue weighted by Crippen LogP contribution is 2.13. The molecule has 0 rings (SSSR count).